The SMILES string of the molecule is OC1(CN(Cc2ccccc2)Cc2cncnc2)CCc2ccccc21. The molecule has 4 rings (SSSR count). The third-order valence-electron chi connectivity index (χ3n) is 5.08. The third kappa shape index (κ3) is 3.66. The van der Waals surface area contributed by atoms with Gasteiger partial charge < -0.3 is 5.11 Å². The monoisotopic (exact) mass is 345 g/mol. The molecule has 0 radical (unpaired) electrons. The summed E-state index contributed by atoms with van der Waals surface area (Å²) in [5, 5.41) is 11.4. The zero-order valence-corrected chi connectivity index (χ0v) is 14.8. The second-order valence-corrected chi connectivity index (χ2v) is 7.07. The summed E-state index contributed by atoms with van der Waals surface area (Å²) in [7, 11) is 0. The van der Waals surface area contributed by atoms with Crippen LogP contribution in [0.4, 0.5) is 0 Å². The van der Waals surface area contributed by atoms with Crippen molar-refractivity contribution in [1.29, 1.82) is 0 Å². The van der Waals surface area contributed by atoms with E-state index in [0.29, 0.717) is 13.1 Å². The lowest BCUT2D eigenvalue weighted by Crippen LogP contribution is -2.39. The molecular weight excluding hydrogens is 322 g/mol. The molecule has 26 heavy (non-hydrogen) atoms. The summed E-state index contributed by atoms with van der Waals surface area (Å²) in [5.74, 6) is 0. The Morgan fingerprint density at radius 1 is 0.885 bits per heavy atom. The van der Waals surface area contributed by atoms with Crippen LogP contribution in [0.25, 0.3) is 0 Å². The van der Waals surface area contributed by atoms with Gasteiger partial charge in [0, 0.05) is 37.6 Å². The van der Waals surface area contributed by atoms with Gasteiger partial charge >= 0.3 is 0 Å². The van der Waals surface area contributed by atoms with Gasteiger partial charge in [-0.3, -0.25) is 4.90 Å². The van der Waals surface area contributed by atoms with Crippen molar-refractivity contribution in [3.63, 3.8) is 0 Å². The van der Waals surface area contributed by atoms with Crippen molar-refractivity contribution in [3.8, 4) is 0 Å². The lowest BCUT2D eigenvalue weighted by atomic mass is 9.95. The van der Waals surface area contributed by atoms with E-state index in [9.17, 15) is 5.11 Å². The van der Waals surface area contributed by atoms with E-state index in [1.165, 1.54) is 11.1 Å². The van der Waals surface area contributed by atoms with Crippen LogP contribution in [0.5, 0.6) is 0 Å². The van der Waals surface area contributed by atoms with Gasteiger partial charge in [0.25, 0.3) is 0 Å². The molecule has 132 valence electrons. The molecule has 1 aliphatic rings. The zero-order chi connectivity index (χ0) is 17.8. The minimum Gasteiger partial charge on any atom is -0.384 e. The summed E-state index contributed by atoms with van der Waals surface area (Å²) in [6.45, 7) is 2.08. The first-order valence-electron chi connectivity index (χ1n) is 9.04. The Labute approximate surface area is 154 Å². The standard InChI is InChI=1S/C22H23N3O/c26-22(11-10-20-8-4-5-9-21(20)22)16-25(14-18-6-2-1-3-7-18)15-19-12-23-17-24-13-19/h1-9,12-13,17,26H,10-11,14-16H2. The topological polar surface area (TPSA) is 49.2 Å². The molecule has 0 spiro atoms. The lowest BCUT2D eigenvalue weighted by molar-refractivity contribution is -0.00434. The molecule has 4 nitrogen and oxygen atoms in total. The molecule has 2 aromatic carbocycles. The molecule has 1 atom stereocenters. The number of aromatic nitrogens is 2. The first-order chi connectivity index (χ1) is 12.7. The van der Waals surface area contributed by atoms with Crippen molar-refractivity contribution in [3.05, 3.63) is 95.6 Å². The molecule has 3 aromatic rings. The van der Waals surface area contributed by atoms with Gasteiger partial charge in [0.1, 0.15) is 11.9 Å². The normalized spacial score (nSPS) is 18.8. The molecule has 0 fully saturated rings. The van der Waals surface area contributed by atoms with E-state index < -0.39 is 5.60 Å². The summed E-state index contributed by atoms with van der Waals surface area (Å²) >= 11 is 0. The second-order valence-electron chi connectivity index (χ2n) is 7.07. The quantitative estimate of drug-likeness (QED) is 0.745. The highest BCUT2D eigenvalue weighted by Crippen LogP contribution is 2.37. The Balaban J connectivity index is 1.58. The Morgan fingerprint density at radius 3 is 2.38 bits per heavy atom. The maximum absolute atomic E-state index is 11.4. The Bertz CT molecular complexity index is 812. The van der Waals surface area contributed by atoms with Gasteiger partial charge in [-0.2, -0.15) is 0 Å². The van der Waals surface area contributed by atoms with Crippen LogP contribution in [0.1, 0.15) is 28.7 Å². The predicted octanol–water partition coefficient (Wildman–Crippen LogP) is 3.31. The van der Waals surface area contributed by atoms with Crippen LogP contribution in [-0.4, -0.2) is 26.5 Å². The van der Waals surface area contributed by atoms with E-state index in [-0.39, 0.29) is 0 Å². The number of hydrogen-bond acceptors (Lipinski definition) is 4. The molecule has 0 aliphatic heterocycles. The maximum Gasteiger partial charge on any atom is 0.115 e. The molecule has 4 heteroatoms. The first kappa shape index (κ1) is 16.9. The molecule has 1 aliphatic carbocycles. The van der Waals surface area contributed by atoms with Gasteiger partial charge in [-0.05, 0) is 29.5 Å². The summed E-state index contributed by atoms with van der Waals surface area (Å²) in [5.41, 5.74) is 3.82. The molecule has 0 saturated carbocycles. The van der Waals surface area contributed by atoms with Gasteiger partial charge in [0.05, 0.1) is 0 Å². The number of aliphatic hydroxyl groups is 1. The maximum atomic E-state index is 11.4. The molecule has 1 aromatic heterocycles. The predicted molar refractivity (Wildman–Crippen MR) is 101 cm³/mol. The van der Waals surface area contributed by atoms with Crippen molar-refractivity contribution in [2.75, 3.05) is 6.54 Å². The van der Waals surface area contributed by atoms with Crippen LogP contribution < -0.4 is 0 Å². The minimum absolute atomic E-state index is 0.591. The van der Waals surface area contributed by atoms with Gasteiger partial charge in [0.2, 0.25) is 0 Å². The fourth-order valence-corrected chi connectivity index (χ4v) is 3.88. The van der Waals surface area contributed by atoms with Crippen LogP contribution in [0.3, 0.4) is 0 Å². The van der Waals surface area contributed by atoms with E-state index in [4.69, 9.17) is 0 Å². The fraction of sp³-hybridized carbons (Fsp3) is 0.273. The average Bonchev–Trinajstić information content (AvgIpc) is 3.00. The number of hydrogen-bond donors (Lipinski definition) is 1. The highest BCUT2D eigenvalue weighted by Gasteiger charge is 2.37. The summed E-state index contributed by atoms with van der Waals surface area (Å²) in [6.07, 6.45) is 6.93. The fourth-order valence-electron chi connectivity index (χ4n) is 3.88. The van der Waals surface area contributed by atoms with Crippen molar-refractivity contribution >= 4 is 0 Å². The van der Waals surface area contributed by atoms with E-state index in [1.807, 2.05) is 30.6 Å². The summed E-state index contributed by atoms with van der Waals surface area (Å²) < 4.78 is 0. The number of nitrogens with zero attached hydrogens (tertiary/aromatic N) is 3. The number of fused-ring (bicyclic) bond motifs is 1. The first-order valence-corrected chi connectivity index (χ1v) is 9.04. The third-order valence-corrected chi connectivity index (χ3v) is 5.08. The van der Waals surface area contributed by atoms with Crippen molar-refractivity contribution < 1.29 is 5.11 Å². The number of benzene rings is 2. The highest BCUT2D eigenvalue weighted by atomic mass is 16.3. The minimum atomic E-state index is -0.805. The Hall–Kier alpha value is -2.56. The van der Waals surface area contributed by atoms with Crippen LogP contribution in [-0.2, 0) is 25.1 Å². The molecule has 0 bridgehead atoms. The lowest BCUT2D eigenvalue weighted by Gasteiger charge is -2.32. The zero-order valence-electron chi connectivity index (χ0n) is 14.8. The van der Waals surface area contributed by atoms with Crippen LogP contribution in [0, 0.1) is 0 Å². The molecule has 1 heterocycles. The van der Waals surface area contributed by atoms with Gasteiger partial charge in [-0.15, -0.1) is 0 Å². The van der Waals surface area contributed by atoms with Crippen molar-refractivity contribution in [2.45, 2.75) is 31.5 Å². The molecule has 0 saturated heterocycles. The van der Waals surface area contributed by atoms with Gasteiger partial charge in [-0.25, -0.2) is 9.97 Å². The van der Waals surface area contributed by atoms with Gasteiger partial charge in [-0.1, -0.05) is 54.6 Å². The smallest absolute Gasteiger partial charge is 0.115 e. The summed E-state index contributed by atoms with van der Waals surface area (Å²) in [6, 6.07) is 18.6. The molecule has 1 unspecified atom stereocenters. The van der Waals surface area contributed by atoms with Crippen LogP contribution >= 0.6 is 0 Å². The second kappa shape index (κ2) is 7.36. The van der Waals surface area contributed by atoms with E-state index in [0.717, 1.165) is 30.5 Å². The number of aryl methyl sites for hydroxylation is 1. The van der Waals surface area contributed by atoms with E-state index in [2.05, 4.69) is 51.3 Å². The van der Waals surface area contributed by atoms with Crippen LogP contribution in [0.2, 0.25) is 0 Å². The molecule has 0 amide bonds. The Kier molecular flexibility index (Phi) is 4.78. The largest absolute Gasteiger partial charge is 0.384 e. The number of rotatable bonds is 6. The Morgan fingerprint density at radius 2 is 1.58 bits per heavy atom. The average molecular weight is 345 g/mol. The van der Waals surface area contributed by atoms with Crippen LogP contribution in [0.15, 0.2) is 73.3 Å². The molecular formula is C22H23N3O. The van der Waals surface area contributed by atoms with Gasteiger partial charge in [0.15, 0.2) is 0 Å². The van der Waals surface area contributed by atoms with Crippen molar-refractivity contribution in [1.82, 2.24) is 14.9 Å². The highest BCUT2D eigenvalue weighted by molar-refractivity contribution is 5.37. The van der Waals surface area contributed by atoms with E-state index in [1.54, 1.807) is 6.33 Å². The molecule has 1 N–H and O–H groups in total. The van der Waals surface area contributed by atoms with E-state index >= 15 is 0 Å². The summed E-state index contributed by atoms with van der Waals surface area (Å²) in [4.78, 5) is 10.5. The van der Waals surface area contributed by atoms with Crippen molar-refractivity contribution in [2.24, 2.45) is 0 Å².